The fraction of sp³-hybridized carbons (Fsp3) is 0.636. The molecule has 1 aromatic heterocycles. The van der Waals surface area contributed by atoms with E-state index in [2.05, 4.69) is 25.9 Å². The summed E-state index contributed by atoms with van der Waals surface area (Å²) in [4.78, 5) is 11.5. The maximum absolute atomic E-state index is 11.5. The molecule has 0 spiro atoms. The van der Waals surface area contributed by atoms with Crippen LogP contribution in [0.5, 0.6) is 0 Å². The highest BCUT2D eigenvalue weighted by Crippen LogP contribution is 2.17. The van der Waals surface area contributed by atoms with Gasteiger partial charge in [0.05, 0.1) is 12.7 Å². The minimum Gasteiger partial charge on any atom is -0.326 e. The summed E-state index contributed by atoms with van der Waals surface area (Å²) in [7, 11) is 0. The van der Waals surface area contributed by atoms with Gasteiger partial charge in [0.1, 0.15) is 0 Å². The van der Waals surface area contributed by atoms with Gasteiger partial charge in [-0.05, 0) is 17.9 Å². The van der Waals surface area contributed by atoms with E-state index < -0.39 is 0 Å². The van der Waals surface area contributed by atoms with Gasteiger partial charge in [0, 0.05) is 12.1 Å². The molecule has 1 aromatic rings. The molecule has 0 aliphatic heterocycles. The zero-order chi connectivity index (χ0) is 11.6. The van der Waals surface area contributed by atoms with E-state index in [4.69, 9.17) is 5.73 Å². The van der Waals surface area contributed by atoms with Crippen LogP contribution in [-0.4, -0.2) is 15.8 Å². The third-order valence-electron chi connectivity index (χ3n) is 2.49. The molecule has 0 saturated heterocycles. The standard InChI is InChI=1S/C11H19N3O/c1-8-5-10(15)14(13-6-8)7-9(12)11(2,3)4/h5-6,9H,7,12H2,1-4H3. The van der Waals surface area contributed by atoms with Gasteiger partial charge in [-0.3, -0.25) is 4.79 Å². The molecule has 4 heteroatoms. The third kappa shape index (κ3) is 3.16. The van der Waals surface area contributed by atoms with Crippen molar-refractivity contribution in [3.8, 4) is 0 Å². The molecule has 0 aliphatic carbocycles. The molecule has 15 heavy (non-hydrogen) atoms. The second-order valence-electron chi connectivity index (χ2n) is 5.03. The number of aromatic nitrogens is 2. The summed E-state index contributed by atoms with van der Waals surface area (Å²) in [6.45, 7) is 8.47. The number of hydrogen-bond acceptors (Lipinski definition) is 3. The number of rotatable bonds is 2. The Hall–Kier alpha value is -1.16. The zero-order valence-corrected chi connectivity index (χ0v) is 9.82. The van der Waals surface area contributed by atoms with Crippen molar-refractivity contribution in [2.75, 3.05) is 0 Å². The van der Waals surface area contributed by atoms with E-state index >= 15 is 0 Å². The second-order valence-corrected chi connectivity index (χ2v) is 5.03. The highest BCUT2D eigenvalue weighted by molar-refractivity contribution is 5.02. The Kier molecular flexibility index (Phi) is 3.29. The van der Waals surface area contributed by atoms with Gasteiger partial charge in [0.2, 0.25) is 0 Å². The molecule has 0 fully saturated rings. The Morgan fingerprint density at radius 1 is 1.53 bits per heavy atom. The summed E-state index contributed by atoms with van der Waals surface area (Å²) in [5.41, 5.74) is 6.76. The van der Waals surface area contributed by atoms with Crippen LogP contribution in [0.4, 0.5) is 0 Å². The first-order valence-electron chi connectivity index (χ1n) is 5.10. The lowest BCUT2D eigenvalue weighted by Gasteiger charge is -2.26. The minimum absolute atomic E-state index is 0.0218. The summed E-state index contributed by atoms with van der Waals surface area (Å²) in [6.07, 6.45) is 1.68. The van der Waals surface area contributed by atoms with Gasteiger partial charge in [-0.15, -0.1) is 0 Å². The second kappa shape index (κ2) is 4.14. The topological polar surface area (TPSA) is 60.9 Å². The molecule has 84 valence electrons. The van der Waals surface area contributed by atoms with E-state index in [1.807, 2.05) is 6.92 Å². The minimum atomic E-state index is -0.0882. The third-order valence-corrected chi connectivity index (χ3v) is 2.49. The molecule has 0 aromatic carbocycles. The number of aryl methyl sites for hydroxylation is 1. The molecule has 1 heterocycles. The molecule has 0 radical (unpaired) electrons. The van der Waals surface area contributed by atoms with Gasteiger partial charge in [-0.1, -0.05) is 20.8 Å². The van der Waals surface area contributed by atoms with Crippen LogP contribution in [0.3, 0.4) is 0 Å². The average Bonchev–Trinajstić information content (AvgIpc) is 2.08. The Bertz CT molecular complexity index is 390. The fourth-order valence-corrected chi connectivity index (χ4v) is 1.12. The summed E-state index contributed by atoms with van der Waals surface area (Å²) >= 11 is 0. The van der Waals surface area contributed by atoms with Crippen LogP contribution in [0.1, 0.15) is 26.3 Å². The van der Waals surface area contributed by atoms with E-state index in [-0.39, 0.29) is 17.0 Å². The first-order valence-corrected chi connectivity index (χ1v) is 5.10. The first kappa shape index (κ1) is 11.9. The fourth-order valence-electron chi connectivity index (χ4n) is 1.12. The Morgan fingerprint density at radius 3 is 2.60 bits per heavy atom. The number of nitrogens with two attached hydrogens (primary N) is 1. The van der Waals surface area contributed by atoms with E-state index in [1.165, 1.54) is 4.68 Å². The highest BCUT2D eigenvalue weighted by Gasteiger charge is 2.21. The van der Waals surface area contributed by atoms with Crippen molar-refractivity contribution in [3.63, 3.8) is 0 Å². The summed E-state index contributed by atoms with van der Waals surface area (Å²) in [5.74, 6) is 0. The van der Waals surface area contributed by atoms with Crippen molar-refractivity contribution in [2.45, 2.75) is 40.3 Å². The van der Waals surface area contributed by atoms with E-state index in [0.717, 1.165) is 5.56 Å². The van der Waals surface area contributed by atoms with Crippen molar-refractivity contribution < 1.29 is 0 Å². The molecule has 0 saturated carbocycles. The Balaban J connectivity index is 2.87. The molecule has 1 rings (SSSR count). The van der Waals surface area contributed by atoms with E-state index in [1.54, 1.807) is 12.3 Å². The first-order chi connectivity index (χ1) is 6.80. The molecule has 0 aliphatic rings. The predicted octanol–water partition coefficient (Wildman–Crippen LogP) is 0.925. The van der Waals surface area contributed by atoms with Crippen LogP contribution in [0.25, 0.3) is 0 Å². The Labute approximate surface area is 90.1 Å². The lowest BCUT2D eigenvalue weighted by molar-refractivity contribution is 0.279. The number of hydrogen-bond donors (Lipinski definition) is 1. The van der Waals surface area contributed by atoms with Gasteiger partial charge >= 0.3 is 0 Å². The van der Waals surface area contributed by atoms with Gasteiger partial charge in [-0.25, -0.2) is 4.68 Å². The zero-order valence-electron chi connectivity index (χ0n) is 9.82. The molecule has 1 atom stereocenters. The molecule has 2 N–H and O–H groups in total. The Morgan fingerprint density at radius 2 is 2.13 bits per heavy atom. The maximum atomic E-state index is 11.5. The molecule has 1 unspecified atom stereocenters. The van der Waals surface area contributed by atoms with Crippen LogP contribution in [-0.2, 0) is 6.54 Å². The molecule has 0 amide bonds. The number of nitrogens with zero attached hydrogens (tertiary/aromatic N) is 2. The van der Waals surface area contributed by atoms with Crippen LogP contribution in [0, 0.1) is 12.3 Å². The summed E-state index contributed by atoms with van der Waals surface area (Å²) in [6, 6.07) is 1.49. The SMILES string of the molecule is Cc1cnn(CC(N)C(C)(C)C)c(=O)c1. The van der Waals surface area contributed by atoms with Crippen LogP contribution >= 0.6 is 0 Å². The van der Waals surface area contributed by atoms with Gasteiger partial charge in [0.15, 0.2) is 0 Å². The van der Waals surface area contributed by atoms with Crippen molar-refractivity contribution >= 4 is 0 Å². The molecular formula is C11H19N3O. The van der Waals surface area contributed by atoms with Gasteiger partial charge in [0.25, 0.3) is 5.56 Å². The predicted molar refractivity (Wildman–Crippen MR) is 60.7 cm³/mol. The van der Waals surface area contributed by atoms with Crippen molar-refractivity contribution in [3.05, 3.63) is 28.2 Å². The quantitative estimate of drug-likeness (QED) is 0.788. The van der Waals surface area contributed by atoms with Gasteiger partial charge < -0.3 is 5.73 Å². The molecule has 0 bridgehead atoms. The summed E-state index contributed by atoms with van der Waals surface area (Å²) < 4.78 is 1.42. The van der Waals surface area contributed by atoms with Crippen LogP contribution < -0.4 is 11.3 Å². The molecular weight excluding hydrogens is 190 g/mol. The molecule has 4 nitrogen and oxygen atoms in total. The maximum Gasteiger partial charge on any atom is 0.267 e. The normalized spacial score (nSPS) is 13.9. The monoisotopic (exact) mass is 209 g/mol. The van der Waals surface area contributed by atoms with E-state index in [0.29, 0.717) is 6.54 Å². The highest BCUT2D eigenvalue weighted by atomic mass is 16.1. The van der Waals surface area contributed by atoms with E-state index in [9.17, 15) is 4.79 Å². The lowest BCUT2D eigenvalue weighted by Crippen LogP contribution is -2.41. The van der Waals surface area contributed by atoms with Crippen LogP contribution in [0.2, 0.25) is 0 Å². The largest absolute Gasteiger partial charge is 0.326 e. The average molecular weight is 209 g/mol. The van der Waals surface area contributed by atoms with Crippen molar-refractivity contribution in [1.29, 1.82) is 0 Å². The van der Waals surface area contributed by atoms with Gasteiger partial charge in [-0.2, -0.15) is 5.10 Å². The summed E-state index contributed by atoms with van der Waals surface area (Å²) in [5, 5.41) is 4.06. The smallest absolute Gasteiger partial charge is 0.267 e. The van der Waals surface area contributed by atoms with Crippen molar-refractivity contribution in [2.24, 2.45) is 11.1 Å². The van der Waals surface area contributed by atoms with Crippen LogP contribution in [0.15, 0.2) is 17.1 Å². The lowest BCUT2D eigenvalue weighted by atomic mass is 9.87. The van der Waals surface area contributed by atoms with Crippen molar-refractivity contribution in [1.82, 2.24) is 9.78 Å².